The normalized spacial score (nSPS) is 15.5. The maximum atomic E-state index is 13.1. The summed E-state index contributed by atoms with van der Waals surface area (Å²) in [5.41, 5.74) is 2.01. The van der Waals surface area contributed by atoms with Gasteiger partial charge in [-0.15, -0.1) is 0 Å². The number of carbonyl (C=O) groups excluding carboxylic acids is 1. The quantitative estimate of drug-likeness (QED) is 0.750. The van der Waals surface area contributed by atoms with Gasteiger partial charge < -0.3 is 19.7 Å². The lowest BCUT2D eigenvalue weighted by Crippen LogP contribution is -3.08. The summed E-state index contributed by atoms with van der Waals surface area (Å²) in [5, 5.41) is 3.16. The number of halogens is 1. The van der Waals surface area contributed by atoms with Crippen LogP contribution in [0.4, 0.5) is 4.39 Å². The number of carbonyl (C=O) groups is 1. The molecule has 3 rings (SSSR count). The molecular formula is C23H30FN2O3+. The minimum Gasteiger partial charge on any atom is -0.490 e. The molecule has 6 heteroatoms. The molecule has 1 unspecified atom stereocenters. The molecule has 0 saturated carbocycles. The van der Waals surface area contributed by atoms with Gasteiger partial charge in [0.05, 0.1) is 26.3 Å². The minimum atomic E-state index is -0.251. The minimum absolute atomic E-state index is 0.0181. The second-order valence-corrected chi connectivity index (χ2v) is 7.98. The van der Waals surface area contributed by atoms with E-state index in [0.29, 0.717) is 26.3 Å². The van der Waals surface area contributed by atoms with Crippen LogP contribution in [0.5, 0.6) is 11.5 Å². The van der Waals surface area contributed by atoms with Gasteiger partial charge in [0, 0.05) is 12.0 Å². The maximum absolute atomic E-state index is 13.1. The summed E-state index contributed by atoms with van der Waals surface area (Å²) < 4.78 is 24.6. The van der Waals surface area contributed by atoms with E-state index in [4.69, 9.17) is 9.47 Å². The Morgan fingerprint density at radius 1 is 1.10 bits per heavy atom. The summed E-state index contributed by atoms with van der Waals surface area (Å²) in [7, 11) is 1.96. The van der Waals surface area contributed by atoms with Crippen LogP contribution in [0.3, 0.4) is 0 Å². The number of quaternary nitrogens is 1. The number of likely N-dealkylation sites (N-methyl/N-ethyl adjacent to an activating group) is 1. The molecule has 0 aliphatic carbocycles. The Morgan fingerprint density at radius 3 is 2.48 bits per heavy atom. The van der Waals surface area contributed by atoms with Crippen molar-refractivity contribution >= 4 is 5.91 Å². The van der Waals surface area contributed by atoms with Gasteiger partial charge in [-0.1, -0.05) is 32.0 Å². The first-order valence-corrected chi connectivity index (χ1v) is 10.2. The fourth-order valence-electron chi connectivity index (χ4n) is 3.52. The van der Waals surface area contributed by atoms with Crippen molar-refractivity contribution in [3.63, 3.8) is 0 Å². The Kier molecular flexibility index (Phi) is 7.09. The number of benzene rings is 2. The van der Waals surface area contributed by atoms with Crippen LogP contribution >= 0.6 is 0 Å². The highest BCUT2D eigenvalue weighted by Gasteiger charge is 2.22. The van der Waals surface area contributed by atoms with Gasteiger partial charge >= 0.3 is 0 Å². The lowest BCUT2D eigenvalue weighted by molar-refractivity contribution is -0.885. The first kappa shape index (κ1) is 21.1. The Hall–Kier alpha value is -2.60. The summed E-state index contributed by atoms with van der Waals surface area (Å²) in [6.07, 6.45) is 0.859. The summed E-state index contributed by atoms with van der Waals surface area (Å²) >= 11 is 0. The van der Waals surface area contributed by atoms with Crippen molar-refractivity contribution in [3.05, 3.63) is 59.4 Å². The van der Waals surface area contributed by atoms with Crippen molar-refractivity contribution < 1.29 is 23.6 Å². The van der Waals surface area contributed by atoms with Crippen LogP contribution in [-0.2, 0) is 11.3 Å². The summed E-state index contributed by atoms with van der Waals surface area (Å²) in [6, 6.07) is 12.2. The van der Waals surface area contributed by atoms with Crippen LogP contribution in [0.15, 0.2) is 42.5 Å². The molecule has 2 aromatic rings. The molecule has 1 amide bonds. The van der Waals surface area contributed by atoms with Crippen LogP contribution in [0.2, 0.25) is 0 Å². The molecule has 1 heterocycles. The fourth-order valence-corrected chi connectivity index (χ4v) is 3.52. The van der Waals surface area contributed by atoms with E-state index >= 15 is 0 Å². The van der Waals surface area contributed by atoms with E-state index in [-0.39, 0.29) is 23.7 Å². The average molecular weight is 402 g/mol. The van der Waals surface area contributed by atoms with Crippen molar-refractivity contribution in [2.24, 2.45) is 5.92 Å². The Labute approximate surface area is 171 Å². The average Bonchev–Trinajstić information content (AvgIpc) is 2.92. The predicted molar refractivity (Wildman–Crippen MR) is 110 cm³/mol. The summed E-state index contributed by atoms with van der Waals surface area (Å²) in [5.74, 6) is 1.44. The number of ether oxygens (including phenoxy) is 2. The third-order valence-corrected chi connectivity index (χ3v) is 5.00. The fraction of sp³-hybridized carbons (Fsp3) is 0.435. The van der Waals surface area contributed by atoms with Crippen molar-refractivity contribution in [2.75, 3.05) is 26.8 Å². The molecule has 5 nitrogen and oxygen atoms in total. The van der Waals surface area contributed by atoms with Gasteiger partial charge in [-0.05, 0) is 35.7 Å². The lowest BCUT2D eigenvalue weighted by atomic mass is 9.95. The second kappa shape index (κ2) is 9.74. The molecule has 2 N–H and O–H groups in total. The highest BCUT2D eigenvalue weighted by molar-refractivity contribution is 5.77. The summed E-state index contributed by atoms with van der Waals surface area (Å²) in [6.45, 7) is 6.45. The van der Waals surface area contributed by atoms with Crippen molar-refractivity contribution in [1.82, 2.24) is 5.32 Å². The number of fused-ring (bicyclic) bond motifs is 1. The SMILES string of the molecule is CC(C)[C@H](NC(=O)C[NH+](C)Cc1ccc(F)cc1)c1ccc2c(c1)OCCCO2. The van der Waals surface area contributed by atoms with E-state index in [9.17, 15) is 9.18 Å². The third-order valence-electron chi connectivity index (χ3n) is 5.00. The summed E-state index contributed by atoms with van der Waals surface area (Å²) in [4.78, 5) is 13.7. The number of hydrogen-bond acceptors (Lipinski definition) is 3. The largest absolute Gasteiger partial charge is 0.490 e. The topological polar surface area (TPSA) is 52.0 Å². The monoisotopic (exact) mass is 401 g/mol. The Balaban J connectivity index is 1.63. The van der Waals surface area contributed by atoms with Crippen LogP contribution in [0.1, 0.15) is 37.4 Å². The first-order chi connectivity index (χ1) is 13.9. The number of rotatable bonds is 7. The zero-order valence-electron chi connectivity index (χ0n) is 17.3. The van der Waals surface area contributed by atoms with Gasteiger partial charge in [0.1, 0.15) is 12.4 Å². The van der Waals surface area contributed by atoms with Gasteiger partial charge in [0.25, 0.3) is 5.91 Å². The molecule has 0 radical (unpaired) electrons. The van der Waals surface area contributed by atoms with Gasteiger partial charge in [0.15, 0.2) is 18.0 Å². The van der Waals surface area contributed by atoms with E-state index < -0.39 is 0 Å². The Bertz CT molecular complexity index is 823. The zero-order valence-corrected chi connectivity index (χ0v) is 17.3. The molecule has 1 aliphatic rings. The molecule has 2 aromatic carbocycles. The van der Waals surface area contributed by atoms with Gasteiger partial charge in [-0.25, -0.2) is 4.39 Å². The molecule has 0 bridgehead atoms. The molecule has 0 spiro atoms. The maximum Gasteiger partial charge on any atom is 0.275 e. The van der Waals surface area contributed by atoms with Crippen LogP contribution in [0, 0.1) is 11.7 Å². The highest BCUT2D eigenvalue weighted by Crippen LogP contribution is 2.34. The molecule has 0 saturated heterocycles. The molecular weight excluding hydrogens is 371 g/mol. The van der Waals surface area contributed by atoms with E-state index in [0.717, 1.165) is 33.9 Å². The second-order valence-electron chi connectivity index (χ2n) is 7.98. The van der Waals surface area contributed by atoms with E-state index in [1.807, 2.05) is 25.2 Å². The zero-order chi connectivity index (χ0) is 20.8. The van der Waals surface area contributed by atoms with E-state index in [1.165, 1.54) is 12.1 Å². The van der Waals surface area contributed by atoms with Gasteiger partial charge in [-0.2, -0.15) is 0 Å². The number of amides is 1. The molecule has 2 atom stereocenters. The molecule has 0 fully saturated rings. The Morgan fingerprint density at radius 2 is 1.79 bits per heavy atom. The molecule has 29 heavy (non-hydrogen) atoms. The van der Waals surface area contributed by atoms with Crippen LogP contribution < -0.4 is 19.7 Å². The van der Waals surface area contributed by atoms with Crippen molar-refractivity contribution in [1.29, 1.82) is 0 Å². The standard InChI is InChI=1S/C23H29FN2O3/c1-16(2)23(18-7-10-20-21(13-18)29-12-4-11-28-20)25-22(27)15-26(3)14-17-5-8-19(24)9-6-17/h5-10,13,16,23H,4,11-12,14-15H2,1-3H3,(H,25,27)/p+1/t23-/m0/s1. The van der Waals surface area contributed by atoms with E-state index in [2.05, 4.69) is 19.2 Å². The third kappa shape index (κ3) is 5.94. The van der Waals surface area contributed by atoms with Gasteiger partial charge in [-0.3, -0.25) is 4.79 Å². The number of hydrogen-bond donors (Lipinski definition) is 2. The highest BCUT2D eigenvalue weighted by atomic mass is 19.1. The molecule has 156 valence electrons. The van der Waals surface area contributed by atoms with E-state index in [1.54, 1.807) is 12.1 Å². The lowest BCUT2D eigenvalue weighted by Gasteiger charge is -2.24. The number of nitrogens with one attached hydrogen (secondary N) is 2. The van der Waals surface area contributed by atoms with Crippen molar-refractivity contribution in [2.45, 2.75) is 32.9 Å². The van der Waals surface area contributed by atoms with Gasteiger partial charge in [0.2, 0.25) is 0 Å². The predicted octanol–water partition coefficient (Wildman–Crippen LogP) is 2.52. The van der Waals surface area contributed by atoms with Crippen LogP contribution in [0.25, 0.3) is 0 Å². The first-order valence-electron chi connectivity index (χ1n) is 10.2. The molecule has 0 aromatic heterocycles. The van der Waals surface area contributed by atoms with Crippen LogP contribution in [-0.4, -0.2) is 32.7 Å². The molecule has 1 aliphatic heterocycles. The smallest absolute Gasteiger partial charge is 0.275 e. The van der Waals surface area contributed by atoms with Crippen molar-refractivity contribution in [3.8, 4) is 11.5 Å².